The summed E-state index contributed by atoms with van der Waals surface area (Å²) in [6.45, 7) is 2.85. The largest absolute Gasteiger partial charge is 0.437 e. The van der Waals surface area contributed by atoms with E-state index in [1.54, 1.807) is 18.3 Å². The average molecular weight is 442 g/mol. The van der Waals surface area contributed by atoms with Gasteiger partial charge in [-0.05, 0) is 24.1 Å². The summed E-state index contributed by atoms with van der Waals surface area (Å²) in [7, 11) is 0. The third-order valence-corrected chi connectivity index (χ3v) is 6.63. The van der Waals surface area contributed by atoms with E-state index < -0.39 is 0 Å². The Labute approximate surface area is 185 Å². The minimum Gasteiger partial charge on any atom is -0.437 e. The molecule has 162 valence electrons. The second kappa shape index (κ2) is 8.48. The van der Waals surface area contributed by atoms with Crippen molar-refractivity contribution in [3.05, 3.63) is 53.2 Å². The molecule has 7 nitrogen and oxygen atoms in total. The summed E-state index contributed by atoms with van der Waals surface area (Å²) in [6.07, 6.45) is 3.24. The van der Waals surface area contributed by atoms with Crippen molar-refractivity contribution in [1.29, 1.82) is 0 Å². The van der Waals surface area contributed by atoms with Crippen molar-refractivity contribution in [1.82, 2.24) is 14.8 Å². The van der Waals surface area contributed by atoms with Gasteiger partial charge in [0.15, 0.2) is 5.78 Å². The molecular weight excluding hydrogens is 418 g/mol. The Kier molecular flexibility index (Phi) is 5.54. The van der Waals surface area contributed by atoms with Crippen LogP contribution in [-0.2, 0) is 9.53 Å². The van der Waals surface area contributed by atoms with Gasteiger partial charge in [-0.25, -0.2) is 9.78 Å². The van der Waals surface area contributed by atoms with Crippen LogP contribution in [0.4, 0.5) is 4.79 Å². The molecule has 3 fully saturated rings. The maximum Gasteiger partial charge on any atom is 0.320 e. The van der Waals surface area contributed by atoms with E-state index in [2.05, 4.69) is 4.98 Å². The van der Waals surface area contributed by atoms with Crippen LogP contribution in [-0.4, -0.2) is 65.5 Å². The molecule has 3 aliphatic heterocycles. The number of aromatic nitrogens is 1. The Balaban J connectivity index is 1.14. The number of amides is 2. The SMILES string of the molecule is O=C1CO[C@H]2CCN(C(=O)N3CC(c4ccc(Oc5ccccc5Cl)nc4)C3)C[C@@H]2C1. The molecule has 0 aliphatic carbocycles. The number of carbonyl (C=O) groups excluding carboxylic acids is 2. The van der Waals surface area contributed by atoms with Gasteiger partial charge in [0, 0.05) is 56.7 Å². The summed E-state index contributed by atoms with van der Waals surface area (Å²) in [5, 5.41) is 0.537. The molecule has 8 heteroatoms. The monoisotopic (exact) mass is 441 g/mol. The van der Waals surface area contributed by atoms with Gasteiger partial charge in [-0.1, -0.05) is 29.8 Å². The first-order valence-corrected chi connectivity index (χ1v) is 11.0. The standard InChI is InChI=1S/C23H24ClN3O4/c24-19-3-1-2-4-21(19)31-22-6-5-15(10-25-22)17-12-27(13-17)23(29)26-8-7-20-16(11-26)9-18(28)14-30-20/h1-6,10,16-17,20H,7-9,11-14H2/t16-,20-/m0/s1. The van der Waals surface area contributed by atoms with Gasteiger partial charge in [0.1, 0.15) is 12.4 Å². The predicted octanol–water partition coefficient (Wildman–Crippen LogP) is 3.73. The third-order valence-electron chi connectivity index (χ3n) is 6.32. The number of halogens is 1. The molecule has 1 aromatic carbocycles. The lowest BCUT2D eigenvalue weighted by atomic mass is 9.88. The first kappa shape index (κ1) is 20.3. The first-order chi connectivity index (χ1) is 15.1. The number of Topliss-reactive ketones (excluding diaryl/α,β-unsaturated/α-hetero) is 1. The lowest BCUT2D eigenvalue weighted by molar-refractivity contribution is -0.140. The Morgan fingerprint density at radius 3 is 2.74 bits per heavy atom. The van der Waals surface area contributed by atoms with Crippen molar-refractivity contribution < 1.29 is 19.1 Å². The molecule has 2 atom stereocenters. The second-order valence-electron chi connectivity index (χ2n) is 8.43. The molecule has 0 unspecified atom stereocenters. The number of hydrogen-bond acceptors (Lipinski definition) is 5. The normalized spacial score (nSPS) is 23.8. The van der Waals surface area contributed by atoms with Crippen LogP contribution in [0.25, 0.3) is 0 Å². The number of hydrogen-bond donors (Lipinski definition) is 0. The number of rotatable bonds is 3. The zero-order valence-electron chi connectivity index (χ0n) is 17.1. The fourth-order valence-corrected chi connectivity index (χ4v) is 4.70. The zero-order chi connectivity index (χ0) is 21.4. The van der Waals surface area contributed by atoms with E-state index in [0.29, 0.717) is 49.3 Å². The van der Waals surface area contributed by atoms with Crippen molar-refractivity contribution in [2.75, 3.05) is 32.8 Å². The first-order valence-electron chi connectivity index (χ1n) is 10.6. The fourth-order valence-electron chi connectivity index (χ4n) is 4.53. The fraction of sp³-hybridized carbons (Fsp3) is 0.435. The number of nitrogens with zero attached hydrogens (tertiary/aromatic N) is 3. The molecule has 0 spiro atoms. The quantitative estimate of drug-likeness (QED) is 0.725. The van der Waals surface area contributed by atoms with E-state index in [1.807, 2.05) is 34.1 Å². The number of ether oxygens (including phenoxy) is 2. The molecule has 1 aromatic heterocycles. The Bertz CT molecular complexity index is 977. The molecule has 2 aromatic rings. The lowest BCUT2D eigenvalue weighted by Crippen LogP contribution is -2.58. The summed E-state index contributed by atoms with van der Waals surface area (Å²) < 4.78 is 11.4. The van der Waals surface area contributed by atoms with E-state index in [9.17, 15) is 9.59 Å². The van der Waals surface area contributed by atoms with Crippen LogP contribution in [0.15, 0.2) is 42.6 Å². The minimum atomic E-state index is 0.0550. The molecular formula is C23H24ClN3O4. The van der Waals surface area contributed by atoms with E-state index in [1.165, 1.54) is 0 Å². The third kappa shape index (κ3) is 4.25. The van der Waals surface area contributed by atoms with Gasteiger partial charge in [-0.3, -0.25) is 4.79 Å². The number of para-hydroxylation sites is 1. The molecule has 3 aliphatic rings. The maximum absolute atomic E-state index is 12.9. The summed E-state index contributed by atoms with van der Waals surface area (Å²) in [6, 6.07) is 11.1. The molecule has 4 heterocycles. The van der Waals surface area contributed by atoms with E-state index in [0.717, 1.165) is 12.0 Å². The Hall–Kier alpha value is -2.64. The maximum atomic E-state index is 12.9. The molecule has 0 bridgehead atoms. The number of piperidine rings is 1. The predicted molar refractivity (Wildman–Crippen MR) is 115 cm³/mol. The van der Waals surface area contributed by atoms with Crippen LogP contribution in [0, 0.1) is 5.92 Å². The van der Waals surface area contributed by atoms with Gasteiger partial charge >= 0.3 is 6.03 Å². The van der Waals surface area contributed by atoms with Gasteiger partial charge in [0.05, 0.1) is 11.1 Å². The highest BCUT2D eigenvalue weighted by molar-refractivity contribution is 6.32. The highest BCUT2D eigenvalue weighted by Crippen LogP contribution is 2.33. The number of likely N-dealkylation sites (tertiary alicyclic amines) is 2. The molecule has 31 heavy (non-hydrogen) atoms. The van der Waals surface area contributed by atoms with Crippen LogP contribution in [0.3, 0.4) is 0 Å². The Morgan fingerprint density at radius 2 is 1.97 bits per heavy atom. The highest BCUT2D eigenvalue weighted by Gasteiger charge is 2.40. The number of ketones is 1. The Morgan fingerprint density at radius 1 is 1.13 bits per heavy atom. The van der Waals surface area contributed by atoms with Crippen LogP contribution in [0.2, 0.25) is 5.02 Å². The topological polar surface area (TPSA) is 72.0 Å². The van der Waals surface area contributed by atoms with Crippen molar-refractivity contribution in [3.8, 4) is 11.6 Å². The summed E-state index contributed by atoms with van der Waals surface area (Å²) in [5.41, 5.74) is 1.08. The zero-order valence-corrected chi connectivity index (χ0v) is 17.8. The molecule has 5 rings (SSSR count). The number of pyridine rings is 1. The van der Waals surface area contributed by atoms with E-state index in [4.69, 9.17) is 21.1 Å². The van der Waals surface area contributed by atoms with Gasteiger partial charge in [0.25, 0.3) is 0 Å². The molecule has 0 radical (unpaired) electrons. The van der Waals surface area contributed by atoms with Gasteiger partial charge < -0.3 is 19.3 Å². The van der Waals surface area contributed by atoms with Crippen molar-refractivity contribution in [3.63, 3.8) is 0 Å². The van der Waals surface area contributed by atoms with E-state index in [-0.39, 0.29) is 36.4 Å². The van der Waals surface area contributed by atoms with Gasteiger partial charge in [0.2, 0.25) is 5.88 Å². The summed E-state index contributed by atoms with van der Waals surface area (Å²) >= 11 is 6.12. The smallest absolute Gasteiger partial charge is 0.320 e. The van der Waals surface area contributed by atoms with Crippen molar-refractivity contribution in [2.45, 2.75) is 24.9 Å². The molecule has 0 N–H and O–H groups in total. The number of benzene rings is 1. The summed E-state index contributed by atoms with van der Waals surface area (Å²) in [4.78, 5) is 32.7. The van der Waals surface area contributed by atoms with Gasteiger partial charge in [-0.15, -0.1) is 0 Å². The van der Waals surface area contributed by atoms with Crippen LogP contribution in [0.5, 0.6) is 11.6 Å². The molecule has 2 amide bonds. The second-order valence-corrected chi connectivity index (χ2v) is 8.84. The molecule has 0 saturated carbocycles. The minimum absolute atomic E-state index is 0.0550. The van der Waals surface area contributed by atoms with Crippen LogP contribution < -0.4 is 4.74 Å². The van der Waals surface area contributed by atoms with Crippen LogP contribution >= 0.6 is 11.6 Å². The van der Waals surface area contributed by atoms with Crippen LogP contribution in [0.1, 0.15) is 24.3 Å². The van der Waals surface area contributed by atoms with E-state index >= 15 is 0 Å². The number of carbonyl (C=O) groups is 2. The lowest BCUT2D eigenvalue weighted by Gasteiger charge is -2.46. The number of urea groups is 1. The van der Waals surface area contributed by atoms with Crippen molar-refractivity contribution in [2.24, 2.45) is 5.92 Å². The molecule has 3 saturated heterocycles. The van der Waals surface area contributed by atoms with Gasteiger partial charge in [-0.2, -0.15) is 0 Å². The van der Waals surface area contributed by atoms with Crippen molar-refractivity contribution >= 4 is 23.4 Å². The highest BCUT2D eigenvalue weighted by atomic mass is 35.5. The summed E-state index contributed by atoms with van der Waals surface area (Å²) in [5.74, 6) is 1.58. The number of fused-ring (bicyclic) bond motifs is 1. The average Bonchev–Trinajstić information content (AvgIpc) is 2.75.